The van der Waals surface area contributed by atoms with E-state index in [-0.39, 0.29) is 24.7 Å². The fourth-order valence-corrected chi connectivity index (χ4v) is 3.28. The molecule has 10 nitrogen and oxygen atoms in total. The lowest BCUT2D eigenvalue weighted by molar-refractivity contribution is 0.294. The monoisotopic (exact) mass is 425 g/mol. The van der Waals surface area contributed by atoms with E-state index in [2.05, 4.69) is 10.3 Å². The first-order valence-electron chi connectivity index (χ1n) is 9.69. The summed E-state index contributed by atoms with van der Waals surface area (Å²) in [6, 6.07) is 7.21. The van der Waals surface area contributed by atoms with Crippen molar-refractivity contribution in [3.8, 4) is 23.1 Å². The van der Waals surface area contributed by atoms with Gasteiger partial charge in [0.05, 0.1) is 44.0 Å². The molecule has 0 fully saturated rings. The van der Waals surface area contributed by atoms with Gasteiger partial charge in [-0.2, -0.15) is 5.10 Å². The molecule has 0 aliphatic heterocycles. The second kappa shape index (κ2) is 8.42. The average molecular weight is 425 g/mol. The Labute approximate surface area is 177 Å². The maximum Gasteiger partial charge on any atom is 0.335 e. The molecule has 0 bridgehead atoms. The van der Waals surface area contributed by atoms with Crippen molar-refractivity contribution in [2.45, 2.75) is 26.9 Å². The second-order valence-corrected chi connectivity index (χ2v) is 7.02. The zero-order valence-electron chi connectivity index (χ0n) is 17.5. The van der Waals surface area contributed by atoms with Crippen LogP contribution >= 0.6 is 0 Å². The van der Waals surface area contributed by atoms with Gasteiger partial charge in [0, 0.05) is 17.8 Å². The Kier molecular flexibility index (Phi) is 5.52. The van der Waals surface area contributed by atoms with Crippen molar-refractivity contribution in [1.82, 2.24) is 24.1 Å². The number of aryl methyl sites for hydroxylation is 2. The first kappa shape index (κ1) is 20.3. The number of hydrogen-bond acceptors (Lipinski definition) is 7. The summed E-state index contributed by atoms with van der Waals surface area (Å²) in [4.78, 5) is 12.8. The van der Waals surface area contributed by atoms with Gasteiger partial charge in [0.15, 0.2) is 0 Å². The van der Waals surface area contributed by atoms with E-state index in [0.29, 0.717) is 23.7 Å². The molecule has 0 amide bonds. The minimum Gasteiger partial charge on any atom is -0.497 e. The van der Waals surface area contributed by atoms with Crippen LogP contribution in [-0.2, 0) is 13.1 Å². The quantitative estimate of drug-likeness (QED) is 0.461. The summed E-state index contributed by atoms with van der Waals surface area (Å²) in [6.45, 7) is 4.67. The zero-order valence-corrected chi connectivity index (χ0v) is 17.5. The number of nitrogens with zero attached hydrogens (tertiary/aromatic N) is 5. The van der Waals surface area contributed by atoms with Crippen molar-refractivity contribution in [2.75, 3.05) is 13.7 Å². The van der Waals surface area contributed by atoms with E-state index in [1.807, 2.05) is 26.0 Å². The summed E-state index contributed by atoms with van der Waals surface area (Å²) in [5.74, 6) is 1.86. The van der Waals surface area contributed by atoms with E-state index >= 15 is 0 Å². The molecule has 31 heavy (non-hydrogen) atoms. The van der Waals surface area contributed by atoms with Gasteiger partial charge in [-0.15, -0.1) is 0 Å². The van der Waals surface area contributed by atoms with Crippen molar-refractivity contribution in [1.29, 1.82) is 0 Å². The molecule has 0 aliphatic rings. The Morgan fingerprint density at radius 2 is 2.00 bits per heavy atom. The smallest absolute Gasteiger partial charge is 0.335 e. The predicted octanol–water partition coefficient (Wildman–Crippen LogP) is 2.28. The van der Waals surface area contributed by atoms with Crippen LogP contribution in [0, 0.1) is 13.8 Å². The maximum absolute atomic E-state index is 12.8. The summed E-state index contributed by atoms with van der Waals surface area (Å²) in [6.07, 6.45) is 4.59. The van der Waals surface area contributed by atoms with Crippen molar-refractivity contribution >= 4 is 0 Å². The number of aromatic hydroxyl groups is 1. The topological polar surface area (TPSA) is 109 Å². The lowest BCUT2D eigenvalue weighted by atomic mass is 10.2. The summed E-state index contributed by atoms with van der Waals surface area (Å²) in [5.41, 5.74) is 1.79. The molecule has 1 N–H and O–H groups in total. The van der Waals surface area contributed by atoms with Crippen LogP contribution in [0.4, 0.5) is 0 Å². The summed E-state index contributed by atoms with van der Waals surface area (Å²) >= 11 is 0. The third kappa shape index (κ3) is 4.18. The van der Waals surface area contributed by atoms with Gasteiger partial charge in [-0.1, -0.05) is 11.2 Å². The van der Waals surface area contributed by atoms with Crippen molar-refractivity contribution < 1.29 is 19.1 Å². The van der Waals surface area contributed by atoms with Crippen molar-refractivity contribution in [3.63, 3.8) is 0 Å². The van der Waals surface area contributed by atoms with Crippen LogP contribution in [0.2, 0.25) is 0 Å². The largest absolute Gasteiger partial charge is 0.497 e. The Morgan fingerprint density at radius 1 is 1.19 bits per heavy atom. The Hall–Kier alpha value is -3.95. The molecule has 0 aliphatic carbocycles. The van der Waals surface area contributed by atoms with E-state index in [4.69, 9.17) is 14.0 Å². The molecule has 3 aromatic heterocycles. The standard InChI is InChI=1S/C21H23N5O5/c1-14-19(15(2)31-23-14)12-25-11-16(10-22-25)26-20(27)13-24(21(26)28)7-8-30-18-6-4-5-17(9-18)29-3/h4-6,9-11,13,27H,7-8,12H2,1-3H3. The van der Waals surface area contributed by atoms with Gasteiger partial charge < -0.3 is 19.1 Å². The molecule has 162 valence electrons. The highest BCUT2D eigenvalue weighted by Gasteiger charge is 2.15. The fraction of sp³-hybridized carbons (Fsp3) is 0.286. The van der Waals surface area contributed by atoms with Gasteiger partial charge in [-0.3, -0.25) is 9.25 Å². The van der Waals surface area contributed by atoms with Gasteiger partial charge in [0.25, 0.3) is 0 Å². The number of imidazole rings is 1. The highest BCUT2D eigenvalue weighted by molar-refractivity contribution is 5.33. The molecule has 0 atom stereocenters. The van der Waals surface area contributed by atoms with Crippen molar-refractivity contribution in [3.05, 3.63) is 70.4 Å². The lowest BCUT2D eigenvalue weighted by Gasteiger charge is -2.07. The van der Waals surface area contributed by atoms with Crippen LogP contribution in [0.3, 0.4) is 0 Å². The van der Waals surface area contributed by atoms with Crippen LogP contribution in [0.15, 0.2) is 52.2 Å². The number of benzene rings is 1. The highest BCUT2D eigenvalue weighted by atomic mass is 16.5. The third-order valence-corrected chi connectivity index (χ3v) is 4.96. The molecule has 0 saturated carbocycles. The minimum atomic E-state index is -0.386. The van der Waals surface area contributed by atoms with Crippen LogP contribution in [0.5, 0.6) is 17.4 Å². The van der Waals surface area contributed by atoms with E-state index in [0.717, 1.165) is 17.0 Å². The van der Waals surface area contributed by atoms with Crippen LogP contribution in [-0.4, -0.2) is 42.9 Å². The molecular weight excluding hydrogens is 402 g/mol. The first-order valence-corrected chi connectivity index (χ1v) is 9.69. The molecule has 0 unspecified atom stereocenters. The molecule has 0 spiro atoms. The van der Waals surface area contributed by atoms with Crippen molar-refractivity contribution in [2.24, 2.45) is 0 Å². The normalized spacial score (nSPS) is 11.1. The molecule has 3 heterocycles. The van der Waals surface area contributed by atoms with Crippen LogP contribution in [0.25, 0.3) is 5.69 Å². The lowest BCUT2D eigenvalue weighted by Crippen LogP contribution is -2.25. The second-order valence-electron chi connectivity index (χ2n) is 7.02. The predicted molar refractivity (Wildman–Crippen MR) is 111 cm³/mol. The number of rotatable bonds is 8. The summed E-state index contributed by atoms with van der Waals surface area (Å²) < 4.78 is 20.3. The third-order valence-electron chi connectivity index (χ3n) is 4.96. The first-order chi connectivity index (χ1) is 15.0. The number of ether oxygens (including phenoxy) is 2. The number of methoxy groups -OCH3 is 1. The van der Waals surface area contributed by atoms with E-state index in [9.17, 15) is 9.90 Å². The fourth-order valence-electron chi connectivity index (χ4n) is 3.28. The Bertz CT molecular complexity index is 1230. The Balaban J connectivity index is 1.47. The molecule has 4 aromatic rings. The van der Waals surface area contributed by atoms with E-state index < -0.39 is 0 Å². The maximum atomic E-state index is 12.8. The molecule has 10 heteroatoms. The van der Waals surface area contributed by atoms with Gasteiger partial charge in [-0.05, 0) is 26.0 Å². The SMILES string of the molecule is COc1cccc(OCCn2cc(O)n(-c3cnn(Cc4c(C)noc4C)c3)c2=O)c1. The van der Waals surface area contributed by atoms with Crippen LogP contribution in [0.1, 0.15) is 17.0 Å². The molecular formula is C21H23N5O5. The average Bonchev–Trinajstić information content (AvgIpc) is 3.42. The minimum absolute atomic E-state index is 0.178. The number of aromatic nitrogens is 5. The van der Waals surface area contributed by atoms with E-state index in [1.165, 1.54) is 21.5 Å². The zero-order chi connectivity index (χ0) is 22.0. The number of hydrogen-bond donors (Lipinski definition) is 1. The van der Waals surface area contributed by atoms with E-state index in [1.54, 1.807) is 30.1 Å². The summed E-state index contributed by atoms with van der Waals surface area (Å²) in [7, 11) is 1.58. The molecule has 1 aromatic carbocycles. The van der Waals surface area contributed by atoms with Crippen LogP contribution < -0.4 is 15.2 Å². The van der Waals surface area contributed by atoms with Gasteiger partial charge in [-0.25, -0.2) is 9.36 Å². The Morgan fingerprint density at radius 3 is 2.74 bits per heavy atom. The summed E-state index contributed by atoms with van der Waals surface area (Å²) in [5, 5.41) is 18.6. The molecule has 0 radical (unpaired) electrons. The van der Waals surface area contributed by atoms with Gasteiger partial charge >= 0.3 is 5.69 Å². The highest BCUT2D eigenvalue weighted by Crippen LogP contribution is 2.19. The molecule has 4 rings (SSSR count). The van der Waals surface area contributed by atoms with Gasteiger partial charge in [0.2, 0.25) is 5.88 Å². The van der Waals surface area contributed by atoms with Gasteiger partial charge in [0.1, 0.15) is 23.9 Å². The molecule has 0 saturated heterocycles.